The second kappa shape index (κ2) is 7.42. The predicted molar refractivity (Wildman–Crippen MR) is 81.7 cm³/mol. The first kappa shape index (κ1) is 15.8. The van der Waals surface area contributed by atoms with Gasteiger partial charge in [-0.1, -0.05) is 15.9 Å². The highest BCUT2D eigenvalue weighted by Crippen LogP contribution is 2.28. The number of carboxylic acids is 1. The topological polar surface area (TPSA) is 87.7 Å². The lowest BCUT2D eigenvalue weighted by Gasteiger charge is -2.09. The predicted octanol–water partition coefficient (Wildman–Crippen LogP) is 2.70. The molecular weight excluding hydrogens is 340 g/mol. The summed E-state index contributed by atoms with van der Waals surface area (Å²) in [7, 11) is 0. The van der Waals surface area contributed by atoms with Gasteiger partial charge < -0.3 is 20.5 Å². The van der Waals surface area contributed by atoms with E-state index < -0.39 is 5.97 Å². The van der Waals surface area contributed by atoms with Crippen molar-refractivity contribution < 1.29 is 19.4 Å². The van der Waals surface area contributed by atoms with Crippen molar-refractivity contribution in [2.75, 3.05) is 25.1 Å². The van der Waals surface area contributed by atoms with Crippen molar-refractivity contribution in [3.05, 3.63) is 28.2 Å². The number of carbonyl (C=O) groups excluding carboxylic acids is 1. The van der Waals surface area contributed by atoms with Gasteiger partial charge in [-0.15, -0.1) is 0 Å². The van der Waals surface area contributed by atoms with Crippen molar-refractivity contribution in [1.29, 1.82) is 0 Å². The standard InChI is InChI=1S/C14H17BrN2O4/c15-11-5-10(13(18)19)6-12(7-11)17-14(20)16-3-4-21-8-9-1-2-9/h5-7,9H,1-4,8H2,(H,18,19)(H2,16,17,20). The Kier molecular flexibility index (Phi) is 5.58. The van der Waals surface area contributed by atoms with Crippen LogP contribution in [0.5, 0.6) is 0 Å². The van der Waals surface area contributed by atoms with Crippen LogP contribution in [0.1, 0.15) is 23.2 Å². The molecule has 2 rings (SSSR count). The number of benzene rings is 1. The maximum Gasteiger partial charge on any atom is 0.335 e. The second-order valence-electron chi connectivity index (χ2n) is 4.93. The summed E-state index contributed by atoms with van der Waals surface area (Å²) in [5, 5.41) is 14.2. The van der Waals surface area contributed by atoms with Crippen LogP contribution in [0.15, 0.2) is 22.7 Å². The molecule has 0 unspecified atom stereocenters. The lowest BCUT2D eigenvalue weighted by Crippen LogP contribution is -2.31. The fourth-order valence-electron chi connectivity index (χ4n) is 1.73. The van der Waals surface area contributed by atoms with Crippen molar-refractivity contribution in [3.63, 3.8) is 0 Å². The first-order chi connectivity index (χ1) is 10.0. The molecule has 6 nitrogen and oxygen atoms in total. The SMILES string of the molecule is O=C(NCCOCC1CC1)Nc1cc(Br)cc(C(=O)O)c1. The summed E-state index contributed by atoms with van der Waals surface area (Å²) < 4.78 is 5.99. The quantitative estimate of drug-likeness (QED) is 0.655. The summed E-state index contributed by atoms with van der Waals surface area (Å²) in [6.07, 6.45) is 2.48. The van der Waals surface area contributed by atoms with E-state index in [-0.39, 0.29) is 11.6 Å². The van der Waals surface area contributed by atoms with E-state index in [1.807, 2.05) is 0 Å². The van der Waals surface area contributed by atoms with Gasteiger partial charge in [0.2, 0.25) is 0 Å². The fourth-order valence-corrected chi connectivity index (χ4v) is 2.23. The molecule has 0 radical (unpaired) electrons. The van der Waals surface area contributed by atoms with E-state index in [9.17, 15) is 9.59 Å². The van der Waals surface area contributed by atoms with Crippen molar-refractivity contribution >= 4 is 33.6 Å². The molecule has 0 saturated heterocycles. The molecule has 1 aliphatic rings. The molecule has 1 saturated carbocycles. The Hall–Kier alpha value is -1.60. The van der Waals surface area contributed by atoms with Crippen LogP contribution in [0.3, 0.4) is 0 Å². The van der Waals surface area contributed by atoms with Crippen molar-refractivity contribution in [1.82, 2.24) is 5.32 Å². The number of carboxylic acid groups (broad SMARTS) is 1. The summed E-state index contributed by atoms with van der Waals surface area (Å²) in [6.45, 7) is 1.65. The van der Waals surface area contributed by atoms with Gasteiger partial charge in [-0.3, -0.25) is 0 Å². The van der Waals surface area contributed by atoms with Crippen LogP contribution in [0, 0.1) is 5.92 Å². The minimum Gasteiger partial charge on any atom is -0.478 e. The average molecular weight is 357 g/mol. The van der Waals surface area contributed by atoms with Gasteiger partial charge in [-0.2, -0.15) is 0 Å². The van der Waals surface area contributed by atoms with Gasteiger partial charge in [0, 0.05) is 23.3 Å². The van der Waals surface area contributed by atoms with Gasteiger partial charge in [-0.25, -0.2) is 9.59 Å². The highest BCUT2D eigenvalue weighted by atomic mass is 79.9. The molecule has 21 heavy (non-hydrogen) atoms. The Balaban J connectivity index is 1.74. The maximum absolute atomic E-state index is 11.7. The van der Waals surface area contributed by atoms with E-state index >= 15 is 0 Å². The minimum absolute atomic E-state index is 0.104. The van der Waals surface area contributed by atoms with Crippen LogP contribution in [0.25, 0.3) is 0 Å². The van der Waals surface area contributed by atoms with Gasteiger partial charge in [0.1, 0.15) is 0 Å². The Morgan fingerprint density at radius 2 is 2.10 bits per heavy atom. The summed E-state index contributed by atoms with van der Waals surface area (Å²) in [6, 6.07) is 4.11. The monoisotopic (exact) mass is 356 g/mol. The molecule has 1 aromatic rings. The molecule has 0 heterocycles. The number of hydrogen-bond acceptors (Lipinski definition) is 3. The van der Waals surface area contributed by atoms with E-state index in [2.05, 4.69) is 26.6 Å². The zero-order valence-corrected chi connectivity index (χ0v) is 13.0. The number of hydrogen-bond donors (Lipinski definition) is 3. The van der Waals surface area contributed by atoms with E-state index in [0.29, 0.717) is 29.2 Å². The van der Waals surface area contributed by atoms with Crippen LogP contribution in [0.2, 0.25) is 0 Å². The number of nitrogens with one attached hydrogen (secondary N) is 2. The zero-order chi connectivity index (χ0) is 15.2. The molecule has 2 amide bonds. The van der Waals surface area contributed by atoms with Crippen LogP contribution < -0.4 is 10.6 Å². The molecule has 0 bridgehead atoms. The van der Waals surface area contributed by atoms with Gasteiger partial charge in [0.15, 0.2) is 0 Å². The number of rotatable bonds is 7. The normalized spacial score (nSPS) is 13.8. The Morgan fingerprint density at radius 1 is 1.33 bits per heavy atom. The number of ether oxygens (including phenoxy) is 1. The maximum atomic E-state index is 11.7. The summed E-state index contributed by atoms with van der Waals surface area (Å²) in [4.78, 5) is 22.6. The lowest BCUT2D eigenvalue weighted by molar-refractivity contribution is 0.0697. The van der Waals surface area contributed by atoms with E-state index in [0.717, 1.165) is 6.61 Å². The Bertz CT molecular complexity index is 532. The highest BCUT2D eigenvalue weighted by molar-refractivity contribution is 9.10. The first-order valence-corrected chi connectivity index (χ1v) is 7.50. The number of halogens is 1. The fraction of sp³-hybridized carbons (Fsp3) is 0.429. The molecule has 7 heteroatoms. The van der Waals surface area contributed by atoms with Crippen molar-refractivity contribution in [2.45, 2.75) is 12.8 Å². The smallest absolute Gasteiger partial charge is 0.335 e. The van der Waals surface area contributed by atoms with E-state index in [4.69, 9.17) is 9.84 Å². The third-order valence-electron chi connectivity index (χ3n) is 2.99. The number of urea groups is 1. The van der Waals surface area contributed by atoms with E-state index in [1.165, 1.54) is 25.0 Å². The molecular formula is C14H17BrN2O4. The lowest BCUT2D eigenvalue weighted by atomic mass is 10.2. The third-order valence-corrected chi connectivity index (χ3v) is 3.44. The molecule has 0 aliphatic heterocycles. The number of aromatic carboxylic acids is 1. The van der Waals surface area contributed by atoms with Crippen LogP contribution in [0.4, 0.5) is 10.5 Å². The van der Waals surface area contributed by atoms with Crippen LogP contribution in [-0.2, 0) is 4.74 Å². The highest BCUT2D eigenvalue weighted by Gasteiger charge is 2.20. The summed E-state index contributed by atoms with van der Waals surface area (Å²) in [5.41, 5.74) is 0.519. The molecule has 0 spiro atoms. The van der Waals surface area contributed by atoms with Gasteiger partial charge in [0.25, 0.3) is 0 Å². The summed E-state index contributed by atoms with van der Waals surface area (Å²) in [5.74, 6) is -0.344. The molecule has 1 aromatic carbocycles. The first-order valence-electron chi connectivity index (χ1n) is 6.71. The van der Waals surface area contributed by atoms with E-state index in [1.54, 1.807) is 6.07 Å². The molecule has 114 valence electrons. The number of carbonyl (C=O) groups is 2. The zero-order valence-electron chi connectivity index (χ0n) is 11.4. The van der Waals surface area contributed by atoms with Crippen LogP contribution in [-0.4, -0.2) is 36.9 Å². The number of amides is 2. The summed E-state index contributed by atoms with van der Waals surface area (Å²) >= 11 is 3.21. The second-order valence-corrected chi connectivity index (χ2v) is 5.85. The van der Waals surface area contributed by atoms with Crippen molar-refractivity contribution in [2.24, 2.45) is 5.92 Å². The average Bonchev–Trinajstić information content (AvgIpc) is 3.21. The van der Waals surface area contributed by atoms with Gasteiger partial charge >= 0.3 is 12.0 Å². The third kappa shape index (κ3) is 5.73. The molecule has 0 aromatic heterocycles. The molecule has 1 aliphatic carbocycles. The largest absolute Gasteiger partial charge is 0.478 e. The Labute approximate surface area is 131 Å². The number of anilines is 1. The van der Waals surface area contributed by atoms with Gasteiger partial charge in [-0.05, 0) is 37.0 Å². The van der Waals surface area contributed by atoms with Crippen molar-refractivity contribution in [3.8, 4) is 0 Å². The van der Waals surface area contributed by atoms with Gasteiger partial charge in [0.05, 0.1) is 12.2 Å². The molecule has 3 N–H and O–H groups in total. The van der Waals surface area contributed by atoms with Crippen LogP contribution >= 0.6 is 15.9 Å². The minimum atomic E-state index is -1.05. The molecule has 1 fully saturated rings. The Morgan fingerprint density at radius 3 is 2.76 bits per heavy atom. The molecule has 0 atom stereocenters.